The summed E-state index contributed by atoms with van der Waals surface area (Å²) in [4.78, 5) is 3.22. The number of aromatic nitrogens is 3. The Morgan fingerprint density at radius 3 is 2.76 bits per heavy atom. The molecule has 1 atom stereocenters. The Labute approximate surface area is 127 Å². The molecule has 2 heterocycles. The van der Waals surface area contributed by atoms with Crippen LogP contribution in [0.5, 0.6) is 0 Å². The molecule has 0 saturated carbocycles. The summed E-state index contributed by atoms with van der Waals surface area (Å²) in [7, 11) is -0.924. The smallest absolute Gasteiger partial charge is 0.147 e. The van der Waals surface area contributed by atoms with Crippen LogP contribution in [0.25, 0.3) is 0 Å². The maximum absolute atomic E-state index is 12.2. The summed E-state index contributed by atoms with van der Waals surface area (Å²) in [6.45, 7) is 5.65. The van der Waals surface area contributed by atoms with Gasteiger partial charge in [0.05, 0.1) is 17.3 Å². The third kappa shape index (κ3) is 3.22. The zero-order valence-electron chi connectivity index (χ0n) is 12.2. The highest BCUT2D eigenvalue weighted by Crippen LogP contribution is 2.13. The number of hydrogen-bond donors (Lipinski definition) is 0. The molecule has 2 aromatic rings. The highest BCUT2D eigenvalue weighted by atomic mass is 32.2. The average Bonchev–Trinajstić information content (AvgIpc) is 2.95. The van der Waals surface area contributed by atoms with E-state index in [0.717, 1.165) is 49.1 Å². The van der Waals surface area contributed by atoms with Crippen molar-refractivity contribution in [1.82, 2.24) is 19.7 Å². The molecule has 1 aliphatic heterocycles. The largest absolute Gasteiger partial charge is 0.313 e. The second kappa shape index (κ2) is 6.49. The van der Waals surface area contributed by atoms with Gasteiger partial charge in [-0.1, -0.05) is 25.1 Å². The Morgan fingerprint density at radius 2 is 2.00 bits per heavy atom. The average molecular weight is 304 g/mol. The Balaban J connectivity index is 1.57. The molecule has 0 aliphatic carbocycles. The van der Waals surface area contributed by atoms with E-state index >= 15 is 0 Å². The van der Waals surface area contributed by atoms with Gasteiger partial charge in [-0.2, -0.15) is 0 Å². The lowest BCUT2D eigenvalue weighted by Gasteiger charge is -2.27. The number of fused-ring (bicyclic) bond motifs is 1. The minimum Gasteiger partial charge on any atom is -0.313 e. The Kier molecular flexibility index (Phi) is 4.45. The van der Waals surface area contributed by atoms with Gasteiger partial charge in [-0.3, -0.25) is 9.11 Å². The molecule has 0 saturated heterocycles. The fraction of sp³-hybridized carbons (Fsp3) is 0.467. The van der Waals surface area contributed by atoms with Crippen molar-refractivity contribution in [3.8, 4) is 0 Å². The van der Waals surface area contributed by atoms with Crippen LogP contribution in [0.2, 0.25) is 0 Å². The maximum Gasteiger partial charge on any atom is 0.147 e. The van der Waals surface area contributed by atoms with Gasteiger partial charge in [0.1, 0.15) is 11.6 Å². The molecule has 1 aliphatic rings. The maximum atomic E-state index is 12.2. The first-order valence-corrected chi connectivity index (χ1v) is 8.66. The van der Waals surface area contributed by atoms with Crippen molar-refractivity contribution in [3.63, 3.8) is 0 Å². The summed E-state index contributed by atoms with van der Waals surface area (Å²) in [5.41, 5.74) is 0. The van der Waals surface area contributed by atoms with E-state index in [9.17, 15) is 4.21 Å². The van der Waals surface area contributed by atoms with Crippen molar-refractivity contribution < 1.29 is 4.21 Å². The summed E-state index contributed by atoms with van der Waals surface area (Å²) < 4.78 is 14.4. The number of benzene rings is 1. The van der Waals surface area contributed by atoms with Crippen LogP contribution in [0.15, 0.2) is 35.2 Å². The van der Waals surface area contributed by atoms with Crippen molar-refractivity contribution in [3.05, 3.63) is 42.0 Å². The third-order valence-electron chi connectivity index (χ3n) is 3.82. The SMILES string of the molecule is CCc1nnc2n1CCN(CC[S@](=O)c1ccccc1)C2. The number of aryl methyl sites for hydroxylation is 1. The Morgan fingerprint density at radius 1 is 1.19 bits per heavy atom. The van der Waals surface area contributed by atoms with Gasteiger partial charge in [-0.15, -0.1) is 10.2 Å². The van der Waals surface area contributed by atoms with Crippen LogP contribution >= 0.6 is 0 Å². The summed E-state index contributed by atoms with van der Waals surface area (Å²) in [5.74, 6) is 2.76. The first-order chi connectivity index (χ1) is 10.3. The van der Waals surface area contributed by atoms with Crippen LogP contribution in [-0.2, 0) is 30.3 Å². The van der Waals surface area contributed by atoms with Crippen LogP contribution in [-0.4, -0.2) is 42.7 Å². The first kappa shape index (κ1) is 14.4. The van der Waals surface area contributed by atoms with Gasteiger partial charge in [0.15, 0.2) is 0 Å². The Bertz CT molecular complexity index is 626. The Hall–Kier alpha value is -1.53. The van der Waals surface area contributed by atoms with E-state index in [1.165, 1.54) is 0 Å². The number of rotatable bonds is 5. The monoisotopic (exact) mass is 304 g/mol. The van der Waals surface area contributed by atoms with Crippen molar-refractivity contribution in [2.24, 2.45) is 0 Å². The van der Waals surface area contributed by atoms with Crippen molar-refractivity contribution in [2.75, 3.05) is 18.8 Å². The van der Waals surface area contributed by atoms with E-state index in [4.69, 9.17) is 0 Å². The van der Waals surface area contributed by atoms with Crippen molar-refractivity contribution in [2.45, 2.75) is 31.3 Å². The molecule has 112 valence electrons. The van der Waals surface area contributed by atoms with Crippen LogP contribution < -0.4 is 0 Å². The summed E-state index contributed by atoms with van der Waals surface area (Å²) in [6, 6.07) is 9.67. The molecule has 21 heavy (non-hydrogen) atoms. The first-order valence-electron chi connectivity index (χ1n) is 7.34. The predicted molar refractivity (Wildman–Crippen MR) is 82.4 cm³/mol. The molecule has 0 amide bonds. The molecule has 6 heteroatoms. The minimum absolute atomic E-state index is 0.665. The minimum atomic E-state index is -0.924. The predicted octanol–water partition coefficient (Wildman–Crippen LogP) is 1.46. The molecular formula is C15H20N4OS. The third-order valence-corrected chi connectivity index (χ3v) is 5.18. The molecule has 5 nitrogen and oxygen atoms in total. The number of nitrogens with zero attached hydrogens (tertiary/aromatic N) is 4. The molecule has 0 spiro atoms. The summed E-state index contributed by atoms with van der Waals surface area (Å²) >= 11 is 0. The second-order valence-corrected chi connectivity index (χ2v) is 6.75. The topological polar surface area (TPSA) is 51.0 Å². The van der Waals surface area contributed by atoms with Gasteiger partial charge in [0.2, 0.25) is 0 Å². The van der Waals surface area contributed by atoms with Crippen LogP contribution in [0, 0.1) is 0 Å². The number of hydrogen-bond acceptors (Lipinski definition) is 4. The second-order valence-electron chi connectivity index (χ2n) is 5.18. The summed E-state index contributed by atoms with van der Waals surface area (Å²) in [6.07, 6.45) is 0.922. The highest BCUT2D eigenvalue weighted by molar-refractivity contribution is 7.85. The lowest BCUT2D eigenvalue weighted by molar-refractivity contribution is 0.228. The highest BCUT2D eigenvalue weighted by Gasteiger charge is 2.20. The normalized spacial score (nSPS) is 16.6. The van der Waals surface area contributed by atoms with Gasteiger partial charge in [-0.05, 0) is 12.1 Å². The van der Waals surface area contributed by atoms with E-state index in [0.29, 0.717) is 5.75 Å². The molecular weight excluding hydrogens is 284 g/mol. The van der Waals surface area contributed by atoms with Crippen molar-refractivity contribution in [1.29, 1.82) is 0 Å². The van der Waals surface area contributed by atoms with Gasteiger partial charge < -0.3 is 4.57 Å². The quantitative estimate of drug-likeness (QED) is 0.839. The zero-order chi connectivity index (χ0) is 14.7. The van der Waals surface area contributed by atoms with Gasteiger partial charge in [0.25, 0.3) is 0 Å². The van der Waals surface area contributed by atoms with Gasteiger partial charge in [0, 0.05) is 36.7 Å². The molecule has 0 unspecified atom stereocenters. The molecule has 1 aromatic heterocycles. The van der Waals surface area contributed by atoms with Crippen LogP contribution in [0.1, 0.15) is 18.6 Å². The standard InChI is InChI=1S/C15H20N4OS/c1-2-14-16-17-15-12-18(8-9-19(14)15)10-11-21(20)13-6-4-3-5-7-13/h3-7H,2,8-12H2,1H3/t21-/m0/s1. The van der Waals surface area contributed by atoms with E-state index in [1.807, 2.05) is 30.3 Å². The molecule has 0 bridgehead atoms. The molecule has 0 radical (unpaired) electrons. The fourth-order valence-electron chi connectivity index (χ4n) is 2.62. The molecule has 0 fully saturated rings. The van der Waals surface area contributed by atoms with E-state index in [2.05, 4.69) is 26.6 Å². The lowest BCUT2D eigenvalue weighted by atomic mass is 10.3. The van der Waals surface area contributed by atoms with Crippen molar-refractivity contribution >= 4 is 10.8 Å². The van der Waals surface area contributed by atoms with E-state index in [1.54, 1.807) is 0 Å². The van der Waals surface area contributed by atoms with E-state index < -0.39 is 10.8 Å². The molecule has 1 aromatic carbocycles. The molecule has 0 N–H and O–H groups in total. The zero-order valence-corrected chi connectivity index (χ0v) is 13.1. The van der Waals surface area contributed by atoms with Crippen LogP contribution in [0.3, 0.4) is 0 Å². The van der Waals surface area contributed by atoms with Gasteiger partial charge in [-0.25, -0.2) is 0 Å². The van der Waals surface area contributed by atoms with E-state index in [-0.39, 0.29) is 0 Å². The lowest BCUT2D eigenvalue weighted by Crippen LogP contribution is -2.36. The molecule has 3 rings (SSSR count). The fourth-order valence-corrected chi connectivity index (χ4v) is 3.74. The van der Waals surface area contributed by atoms with Crippen LogP contribution in [0.4, 0.5) is 0 Å². The van der Waals surface area contributed by atoms with Gasteiger partial charge >= 0.3 is 0 Å². The summed E-state index contributed by atoms with van der Waals surface area (Å²) in [5, 5.41) is 8.48.